The van der Waals surface area contributed by atoms with E-state index in [0.29, 0.717) is 18.6 Å². The zero-order valence-corrected chi connectivity index (χ0v) is 10.8. The zero-order chi connectivity index (χ0) is 15.2. The van der Waals surface area contributed by atoms with Crippen LogP contribution in [0.5, 0.6) is 5.75 Å². The van der Waals surface area contributed by atoms with E-state index in [4.69, 9.17) is 9.47 Å². The summed E-state index contributed by atoms with van der Waals surface area (Å²) in [6.07, 6.45) is -3.27. The summed E-state index contributed by atoms with van der Waals surface area (Å²) in [6, 6.07) is 2.17. The Balaban J connectivity index is 2.59. The molecule has 7 heteroatoms. The van der Waals surface area contributed by atoms with E-state index in [2.05, 4.69) is 0 Å². The van der Waals surface area contributed by atoms with E-state index in [0.717, 1.165) is 12.5 Å². The molecule has 0 aliphatic heterocycles. The Morgan fingerprint density at radius 3 is 2.60 bits per heavy atom. The smallest absolute Gasteiger partial charge is 0.419 e. The molecule has 20 heavy (non-hydrogen) atoms. The number of esters is 1. The number of hydrogen-bond acceptors (Lipinski definition) is 3. The number of carbonyl (C=O) groups excluding carboxylic acids is 1. The van der Waals surface area contributed by atoms with Crippen LogP contribution in [0.3, 0.4) is 0 Å². The van der Waals surface area contributed by atoms with Crippen LogP contribution in [0.4, 0.5) is 17.6 Å². The summed E-state index contributed by atoms with van der Waals surface area (Å²) >= 11 is 0. The molecule has 0 aromatic heterocycles. The fourth-order valence-electron chi connectivity index (χ4n) is 1.33. The van der Waals surface area contributed by atoms with Gasteiger partial charge in [0.1, 0.15) is 11.6 Å². The zero-order valence-electron chi connectivity index (χ0n) is 10.8. The average molecular weight is 294 g/mol. The van der Waals surface area contributed by atoms with E-state index >= 15 is 0 Å². The van der Waals surface area contributed by atoms with Crippen molar-refractivity contribution in [3.8, 4) is 5.75 Å². The number of benzene rings is 1. The van der Waals surface area contributed by atoms with Gasteiger partial charge in [0, 0.05) is 0 Å². The molecule has 0 aliphatic rings. The molecule has 0 saturated carbocycles. The summed E-state index contributed by atoms with van der Waals surface area (Å²) in [5.74, 6) is -2.32. The number of carbonyl (C=O) groups is 1. The average Bonchev–Trinajstić information content (AvgIpc) is 2.36. The monoisotopic (exact) mass is 294 g/mol. The van der Waals surface area contributed by atoms with Crippen LogP contribution in [0.25, 0.3) is 0 Å². The van der Waals surface area contributed by atoms with Crippen LogP contribution >= 0.6 is 0 Å². The highest BCUT2D eigenvalue weighted by atomic mass is 19.4. The molecule has 0 radical (unpaired) electrons. The fourth-order valence-corrected chi connectivity index (χ4v) is 1.33. The van der Waals surface area contributed by atoms with Crippen molar-refractivity contribution in [1.82, 2.24) is 0 Å². The lowest BCUT2D eigenvalue weighted by atomic mass is 10.2. The minimum Gasteiger partial charge on any atom is -0.482 e. The quantitative estimate of drug-likeness (QED) is 0.457. The van der Waals surface area contributed by atoms with Gasteiger partial charge < -0.3 is 9.47 Å². The van der Waals surface area contributed by atoms with E-state index in [1.165, 1.54) is 0 Å². The maximum Gasteiger partial charge on any atom is 0.419 e. The van der Waals surface area contributed by atoms with E-state index in [-0.39, 0.29) is 12.4 Å². The molecule has 0 spiro atoms. The first kappa shape index (κ1) is 16.3. The first-order chi connectivity index (χ1) is 9.34. The third-order valence-electron chi connectivity index (χ3n) is 2.36. The minimum atomic E-state index is -4.81. The summed E-state index contributed by atoms with van der Waals surface area (Å²) in [4.78, 5) is 11.2. The van der Waals surface area contributed by atoms with Gasteiger partial charge in [-0.05, 0) is 24.6 Å². The maximum absolute atomic E-state index is 13.0. The summed E-state index contributed by atoms with van der Waals surface area (Å²) in [6.45, 7) is 1.63. The van der Waals surface area contributed by atoms with Crippen LogP contribution in [0.15, 0.2) is 18.2 Å². The molecule has 0 bridgehead atoms. The van der Waals surface area contributed by atoms with Gasteiger partial charge in [0.15, 0.2) is 6.61 Å². The molecule has 0 saturated heterocycles. The molecule has 1 aromatic carbocycles. The number of rotatable bonds is 6. The number of unbranched alkanes of at least 4 members (excludes halogenated alkanes) is 1. The predicted octanol–water partition coefficient (Wildman–Crippen LogP) is 3.57. The van der Waals surface area contributed by atoms with Crippen LogP contribution in [-0.2, 0) is 15.7 Å². The van der Waals surface area contributed by atoms with Crippen LogP contribution in [-0.4, -0.2) is 19.2 Å². The van der Waals surface area contributed by atoms with E-state index in [1.807, 2.05) is 6.92 Å². The normalized spacial score (nSPS) is 11.2. The molecule has 1 rings (SSSR count). The Morgan fingerprint density at radius 2 is 2.00 bits per heavy atom. The molecule has 3 nitrogen and oxygen atoms in total. The van der Waals surface area contributed by atoms with Gasteiger partial charge in [-0.15, -0.1) is 0 Å². The number of ether oxygens (including phenoxy) is 2. The van der Waals surface area contributed by atoms with Crippen LogP contribution in [0.1, 0.15) is 25.3 Å². The Morgan fingerprint density at radius 1 is 1.30 bits per heavy atom. The molecule has 0 unspecified atom stereocenters. The van der Waals surface area contributed by atoms with Gasteiger partial charge in [-0.1, -0.05) is 13.3 Å². The molecule has 112 valence electrons. The first-order valence-corrected chi connectivity index (χ1v) is 5.99. The lowest BCUT2D eigenvalue weighted by Crippen LogP contribution is -2.16. The van der Waals surface area contributed by atoms with Crippen LogP contribution in [0, 0.1) is 5.82 Å². The molecule has 1 aromatic rings. The molecule has 0 fully saturated rings. The minimum absolute atomic E-state index is 0.232. The second-order valence-corrected chi connectivity index (χ2v) is 4.00. The first-order valence-electron chi connectivity index (χ1n) is 5.99. The Bertz CT molecular complexity index is 457. The lowest BCUT2D eigenvalue weighted by molar-refractivity contribution is -0.146. The molecular weight excluding hydrogens is 280 g/mol. The third kappa shape index (κ3) is 5.07. The van der Waals surface area contributed by atoms with Crippen molar-refractivity contribution in [1.29, 1.82) is 0 Å². The molecule has 0 atom stereocenters. The van der Waals surface area contributed by atoms with Gasteiger partial charge in [-0.25, -0.2) is 9.18 Å². The summed E-state index contributed by atoms with van der Waals surface area (Å²) < 4.78 is 60.0. The van der Waals surface area contributed by atoms with Crippen molar-refractivity contribution in [2.75, 3.05) is 13.2 Å². The van der Waals surface area contributed by atoms with E-state index < -0.39 is 30.1 Å². The largest absolute Gasteiger partial charge is 0.482 e. The fraction of sp³-hybridized carbons (Fsp3) is 0.462. The topological polar surface area (TPSA) is 35.5 Å². The lowest BCUT2D eigenvalue weighted by Gasteiger charge is -2.11. The van der Waals surface area contributed by atoms with Crippen molar-refractivity contribution in [3.05, 3.63) is 29.6 Å². The maximum atomic E-state index is 13.0. The third-order valence-corrected chi connectivity index (χ3v) is 2.36. The van der Waals surface area contributed by atoms with Crippen molar-refractivity contribution in [3.63, 3.8) is 0 Å². The second kappa shape index (κ2) is 7.12. The van der Waals surface area contributed by atoms with Crippen molar-refractivity contribution >= 4 is 5.97 Å². The summed E-state index contributed by atoms with van der Waals surface area (Å²) in [7, 11) is 0. The SMILES string of the molecule is CCCCOC(=O)COc1ccc(F)c(C(F)(F)F)c1. The van der Waals surface area contributed by atoms with Gasteiger partial charge >= 0.3 is 12.1 Å². The van der Waals surface area contributed by atoms with Crippen LogP contribution < -0.4 is 4.74 Å². The van der Waals surface area contributed by atoms with Crippen molar-refractivity contribution < 1.29 is 31.8 Å². The highest BCUT2D eigenvalue weighted by Gasteiger charge is 2.34. The molecule has 0 heterocycles. The Hall–Kier alpha value is -1.79. The van der Waals surface area contributed by atoms with Crippen LogP contribution in [0.2, 0.25) is 0 Å². The standard InChI is InChI=1S/C13H14F4O3/c1-2-3-6-19-12(18)8-20-9-4-5-11(14)10(7-9)13(15,16)17/h4-5,7H,2-3,6,8H2,1H3. The molecular formula is C13H14F4O3. The van der Waals surface area contributed by atoms with Gasteiger partial charge in [-0.2, -0.15) is 13.2 Å². The van der Waals surface area contributed by atoms with Crippen molar-refractivity contribution in [2.24, 2.45) is 0 Å². The highest BCUT2D eigenvalue weighted by Crippen LogP contribution is 2.33. The number of halogens is 4. The second-order valence-electron chi connectivity index (χ2n) is 4.00. The molecule has 0 N–H and O–H groups in total. The van der Waals surface area contributed by atoms with E-state index in [9.17, 15) is 22.4 Å². The van der Waals surface area contributed by atoms with Gasteiger partial charge in [0.25, 0.3) is 0 Å². The van der Waals surface area contributed by atoms with Gasteiger partial charge in [0.2, 0.25) is 0 Å². The number of alkyl halides is 3. The predicted molar refractivity (Wildman–Crippen MR) is 62.8 cm³/mol. The van der Waals surface area contributed by atoms with Gasteiger partial charge in [0.05, 0.1) is 12.2 Å². The Labute approximate surface area is 113 Å². The van der Waals surface area contributed by atoms with E-state index in [1.54, 1.807) is 0 Å². The Kier molecular flexibility index (Phi) is 5.79. The molecule has 0 amide bonds. The van der Waals surface area contributed by atoms with Gasteiger partial charge in [-0.3, -0.25) is 0 Å². The molecule has 0 aliphatic carbocycles. The number of hydrogen-bond donors (Lipinski definition) is 0. The summed E-state index contributed by atoms with van der Waals surface area (Å²) in [5.41, 5.74) is -1.44. The summed E-state index contributed by atoms with van der Waals surface area (Å²) in [5, 5.41) is 0. The highest BCUT2D eigenvalue weighted by molar-refractivity contribution is 5.71. The van der Waals surface area contributed by atoms with Crippen molar-refractivity contribution in [2.45, 2.75) is 25.9 Å².